The van der Waals surface area contributed by atoms with Crippen molar-refractivity contribution in [1.82, 2.24) is 19.1 Å². The molecule has 0 amide bonds. The molecule has 0 radical (unpaired) electrons. The molecule has 0 saturated carbocycles. The minimum Gasteiger partial charge on any atom is -0.311 e. The van der Waals surface area contributed by atoms with Crippen molar-refractivity contribution in [3.63, 3.8) is 0 Å². The van der Waals surface area contributed by atoms with E-state index in [1.807, 2.05) is 0 Å². The summed E-state index contributed by atoms with van der Waals surface area (Å²) in [4.78, 5) is 0.730. The monoisotopic (exact) mass is 479 g/mol. The van der Waals surface area contributed by atoms with Crippen LogP contribution in [0.2, 0.25) is 0 Å². The van der Waals surface area contributed by atoms with E-state index in [4.69, 9.17) is 0 Å². The lowest BCUT2D eigenvalue weighted by Crippen LogP contribution is -2.27. The average molecular weight is 480 g/mol. The number of aryl methyl sites for hydroxylation is 1. The Morgan fingerprint density at radius 1 is 0.935 bits per heavy atom. The van der Waals surface area contributed by atoms with Crippen LogP contribution in [0.15, 0.2) is 74.7 Å². The van der Waals surface area contributed by atoms with Gasteiger partial charge in [-0.15, -0.1) is 10.2 Å². The van der Waals surface area contributed by atoms with E-state index in [1.54, 1.807) is 42.2 Å². The van der Waals surface area contributed by atoms with Crippen LogP contribution in [0.4, 0.5) is 5.69 Å². The first-order chi connectivity index (χ1) is 14.8. The second-order valence-electron chi connectivity index (χ2n) is 7.01. The second-order valence-corrected chi connectivity index (χ2v) is 11.6. The van der Waals surface area contributed by atoms with Crippen molar-refractivity contribution in [3.8, 4) is 0 Å². The van der Waals surface area contributed by atoms with Crippen LogP contribution in [0.3, 0.4) is 0 Å². The molecule has 9 nitrogen and oxygen atoms in total. The van der Waals surface area contributed by atoms with Crippen molar-refractivity contribution < 1.29 is 16.8 Å². The van der Waals surface area contributed by atoms with Crippen LogP contribution in [0.1, 0.15) is 12.8 Å². The summed E-state index contributed by atoms with van der Waals surface area (Å²) in [6.07, 6.45) is 3.23. The van der Waals surface area contributed by atoms with E-state index in [1.165, 1.54) is 40.3 Å². The Labute approximate surface area is 185 Å². The van der Waals surface area contributed by atoms with Crippen LogP contribution >= 0.6 is 11.8 Å². The highest BCUT2D eigenvalue weighted by molar-refractivity contribution is 7.99. The average Bonchev–Trinajstić information content (AvgIpc) is 3.42. The van der Waals surface area contributed by atoms with Gasteiger partial charge in [0.2, 0.25) is 10.0 Å². The van der Waals surface area contributed by atoms with Gasteiger partial charge >= 0.3 is 0 Å². The molecule has 1 saturated heterocycles. The van der Waals surface area contributed by atoms with Crippen LogP contribution in [0, 0.1) is 0 Å². The van der Waals surface area contributed by atoms with Crippen LogP contribution < -0.4 is 4.72 Å². The van der Waals surface area contributed by atoms with Crippen molar-refractivity contribution in [2.75, 3.05) is 17.8 Å². The zero-order chi connectivity index (χ0) is 22.1. The molecule has 2 heterocycles. The van der Waals surface area contributed by atoms with Gasteiger partial charge in [-0.3, -0.25) is 4.72 Å². The maximum absolute atomic E-state index is 12.9. The normalized spacial score (nSPS) is 15.3. The number of para-hydroxylation sites is 1. The minimum atomic E-state index is -3.92. The molecule has 0 spiro atoms. The molecule has 2 aromatic carbocycles. The van der Waals surface area contributed by atoms with E-state index >= 15 is 0 Å². The molecule has 0 aliphatic carbocycles. The van der Waals surface area contributed by atoms with E-state index < -0.39 is 20.0 Å². The highest BCUT2D eigenvalue weighted by Gasteiger charge is 2.27. The largest absolute Gasteiger partial charge is 0.311 e. The van der Waals surface area contributed by atoms with Gasteiger partial charge in [0.25, 0.3) is 10.0 Å². The predicted molar refractivity (Wildman–Crippen MR) is 117 cm³/mol. The Morgan fingerprint density at radius 2 is 1.58 bits per heavy atom. The molecule has 4 rings (SSSR count). The molecule has 1 aliphatic rings. The summed E-state index contributed by atoms with van der Waals surface area (Å²) in [5.74, 6) is 0. The smallest absolute Gasteiger partial charge is 0.261 e. The summed E-state index contributed by atoms with van der Waals surface area (Å²) in [5.41, 5.74) is 0.393. The Kier molecular flexibility index (Phi) is 6.06. The first-order valence-electron chi connectivity index (χ1n) is 9.51. The molecule has 1 aliphatic heterocycles. The highest BCUT2D eigenvalue weighted by Crippen LogP contribution is 2.33. The SMILES string of the molecule is Cn1cnnc1Sc1ccccc1NS(=O)(=O)c1ccc(S(=O)(=O)N2CCCC2)cc1. The Balaban J connectivity index is 1.57. The van der Waals surface area contributed by atoms with Crippen molar-refractivity contribution in [3.05, 3.63) is 54.9 Å². The topological polar surface area (TPSA) is 114 Å². The van der Waals surface area contributed by atoms with Gasteiger partial charge in [-0.25, -0.2) is 16.8 Å². The summed E-state index contributed by atoms with van der Waals surface area (Å²) >= 11 is 1.28. The van der Waals surface area contributed by atoms with Crippen LogP contribution in [0.25, 0.3) is 0 Å². The van der Waals surface area contributed by atoms with Gasteiger partial charge in [-0.2, -0.15) is 4.31 Å². The minimum absolute atomic E-state index is 0.0219. The maximum atomic E-state index is 12.9. The lowest BCUT2D eigenvalue weighted by molar-refractivity contribution is 0.477. The fraction of sp³-hybridized carbons (Fsp3) is 0.263. The number of nitrogens with one attached hydrogen (secondary N) is 1. The van der Waals surface area contributed by atoms with Gasteiger partial charge in [-0.05, 0) is 61.0 Å². The molecular formula is C19H21N5O4S3. The third kappa shape index (κ3) is 4.61. The Morgan fingerprint density at radius 3 is 2.23 bits per heavy atom. The number of hydrogen-bond acceptors (Lipinski definition) is 7. The third-order valence-corrected chi connectivity index (χ3v) is 9.26. The summed E-state index contributed by atoms with van der Waals surface area (Å²) in [5, 5.41) is 8.45. The molecule has 164 valence electrons. The van der Waals surface area contributed by atoms with Crippen LogP contribution in [-0.2, 0) is 27.1 Å². The van der Waals surface area contributed by atoms with Gasteiger partial charge in [0.1, 0.15) is 6.33 Å². The van der Waals surface area contributed by atoms with Crippen molar-refractivity contribution in [1.29, 1.82) is 0 Å². The number of anilines is 1. The summed E-state index contributed by atoms with van der Waals surface area (Å²) in [7, 11) is -5.72. The van der Waals surface area contributed by atoms with E-state index in [0.717, 1.165) is 12.8 Å². The number of nitrogens with zero attached hydrogens (tertiary/aromatic N) is 4. The zero-order valence-corrected chi connectivity index (χ0v) is 19.1. The Bertz CT molecular complexity index is 1280. The molecule has 3 aromatic rings. The fourth-order valence-electron chi connectivity index (χ4n) is 3.18. The van der Waals surface area contributed by atoms with Gasteiger partial charge in [0.05, 0.1) is 15.5 Å². The van der Waals surface area contributed by atoms with Gasteiger partial charge in [0.15, 0.2) is 5.16 Å². The van der Waals surface area contributed by atoms with Crippen molar-refractivity contribution in [2.45, 2.75) is 32.7 Å². The van der Waals surface area contributed by atoms with Crippen LogP contribution in [0.5, 0.6) is 0 Å². The molecule has 0 unspecified atom stereocenters. The lowest BCUT2D eigenvalue weighted by Gasteiger charge is -2.16. The number of rotatable bonds is 7. The molecule has 31 heavy (non-hydrogen) atoms. The summed E-state index contributed by atoms with van der Waals surface area (Å²) in [6.45, 7) is 0.980. The first-order valence-corrected chi connectivity index (χ1v) is 13.3. The summed E-state index contributed by atoms with van der Waals surface area (Å²) in [6, 6.07) is 12.3. The Hall–Kier alpha value is -2.41. The van der Waals surface area contributed by atoms with Gasteiger partial charge in [-0.1, -0.05) is 12.1 Å². The number of aromatic nitrogens is 3. The summed E-state index contributed by atoms with van der Waals surface area (Å²) < 4.78 is 56.9. The van der Waals surface area contributed by atoms with E-state index in [-0.39, 0.29) is 9.79 Å². The van der Waals surface area contributed by atoms with Crippen LogP contribution in [-0.4, -0.2) is 49.0 Å². The molecule has 0 atom stereocenters. The highest BCUT2D eigenvalue weighted by atomic mass is 32.2. The van der Waals surface area contributed by atoms with Crippen molar-refractivity contribution in [2.24, 2.45) is 7.05 Å². The molecule has 1 aromatic heterocycles. The molecule has 1 fully saturated rings. The number of hydrogen-bond donors (Lipinski definition) is 1. The fourth-order valence-corrected chi connectivity index (χ4v) is 6.69. The molecule has 1 N–H and O–H groups in total. The number of benzene rings is 2. The maximum Gasteiger partial charge on any atom is 0.261 e. The van der Waals surface area contributed by atoms with Gasteiger partial charge < -0.3 is 4.57 Å². The molecular weight excluding hydrogens is 458 g/mol. The lowest BCUT2D eigenvalue weighted by atomic mass is 10.3. The standard InChI is InChI=1S/C19H21N5O4S3/c1-23-14-20-21-19(23)29-18-7-3-2-6-17(18)22-30(25,26)15-8-10-16(11-9-15)31(27,28)24-12-4-5-13-24/h2-3,6-11,14,22H,4-5,12-13H2,1H3. The molecule has 12 heteroatoms. The first kappa shape index (κ1) is 21.8. The zero-order valence-electron chi connectivity index (χ0n) is 16.7. The van der Waals surface area contributed by atoms with Gasteiger partial charge in [0, 0.05) is 25.0 Å². The van der Waals surface area contributed by atoms with Crippen molar-refractivity contribution >= 4 is 37.5 Å². The predicted octanol–water partition coefficient (Wildman–Crippen LogP) is 2.55. The second kappa shape index (κ2) is 8.61. The van der Waals surface area contributed by atoms with E-state index in [9.17, 15) is 16.8 Å². The quantitative estimate of drug-likeness (QED) is 0.554. The molecule has 0 bridgehead atoms. The third-order valence-electron chi connectivity index (χ3n) is 4.84. The number of sulfonamides is 2. The van der Waals surface area contributed by atoms with E-state index in [0.29, 0.717) is 28.8 Å². The van der Waals surface area contributed by atoms with E-state index in [2.05, 4.69) is 14.9 Å².